The Morgan fingerprint density at radius 1 is 1.07 bits per heavy atom. The molecule has 2 aromatic carbocycles. The molecule has 29 heavy (non-hydrogen) atoms. The van der Waals surface area contributed by atoms with Crippen LogP contribution in [0.3, 0.4) is 0 Å². The van der Waals surface area contributed by atoms with Gasteiger partial charge in [-0.2, -0.15) is 0 Å². The molecule has 0 saturated heterocycles. The number of pyridine rings is 1. The summed E-state index contributed by atoms with van der Waals surface area (Å²) in [6, 6.07) is 17.1. The maximum atomic E-state index is 12.5. The second kappa shape index (κ2) is 7.55. The fourth-order valence-corrected chi connectivity index (χ4v) is 3.21. The van der Waals surface area contributed by atoms with E-state index in [2.05, 4.69) is 19.9 Å². The minimum atomic E-state index is -0.568. The van der Waals surface area contributed by atoms with E-state index in [-0.39, 0.29) is 11.6 Å². The molecule has 0 atom stereocenters. The van der Waals surface area contributed by atoms with Crippen LogP contribution < -0.4 is 11.1 Å². The molecular weight excluding hydrogens is 366 g/mol. The molecule has 0 radical (unpaired) electrons. The standard InChI is InChI=1S/C22H19N5O2/c1-14-9-19(24-11-17(14)21(23)28)22(29)26-16-6-4-5-15(10-16)12-27-13-25-18-7-2-3-8-20(18)27/h2-11,13H,12H2,1H3,(H2,23,28)(H,26,29). The van der Waals surface area contributed by atoms with Crippen LogP contribution in [0.1, 0.15) is 32.0 Å². The third kappa shape index (κ3) is 3.84. The van der Waals surface area contributed by atoms with Crippen molar-refractivity contribution in [3.8, 4) is 0 Å². The number of carbonyl (C=O) groups excluding carboxylic acids is 2. The number of imidazole rings is 1. The van der Waals surface area contributed by atoms with E-state index in [1.165, 1.54) is 6.20 Å². The van der Waals surface area contributed by atoms with E-state index < -0.39 is 5.91 Å². The van der Waals surface area contributed by atoms with Gasteiger partial charge in [-0.25, -0.2) is 4.98 Å². The average molecular weight is 385 g/mol. The van der Waals surface area contributed by atoms with Crippen molar-refractivity contribution in [1.82, 2.24) is 14.5 Å². The average Bonchev–Trinajstić information content (AvgIpc) is 3.11. The number of nitrogens with one attached hydrogen (secondary N) is 1. The van der Waals surface area contributed by atoms with Crippen molar-refractivity contribution in [3.63, 3.8) is 0 Å². The van der Waals surface area contributed by atoms with E-state index >= 15 is 0 Å². The molecule has 0 aliphatic carbocycles. The lowest BCUT2D eigenvalue weighted by Gasteiger charge is -2.09. The first-order valence-corrected chi connectivity index (χ1v) is 9.08. The van der Waals surface area contributed by atoms with Crippen LogP contribution in [-0.4, -0.2) is 26.3 Å². The number of rotatable bonds is 5. The highest BCUT2D eigenvalue weighted by Crippen LogP contribution is 2.17. The summed E-state index contributed by atoms with van der Waals surface area (Å²) in [6.07, 6.45) is 3.13. The molecule has 7 nitrogen and oxygen atoms in total. The van der Waals surface area contributed by atoms with Gasteiger partial charge in [0.15, 0.2) is 0 Å². The molecule has 144 valence electrons. The summed E-state index contributed by atoms with van der Waals surface area (Å²) >= 11 is 0. The largest absolute Gasteiger partial charge is 0.366 e. The van der Waals surface area contributed by atoms with Gasteiger partial charge in [0.1, 0.15) is 5.69 Å². The normalized spacial score (nSPS) is 10.8. The molecule has 0 unspecified atom stereocenters. The Morgan fingerprint density at radius 3 is 2.69 bits per heavy atom. The van der Waals surface area contributed by atoms with Gasteiger partial charge >= 0.3 is 0 Å². The van der Waals surface area contributed by atoms with E-state index in [1.807, 2.05) is 54.9 Å². The predicted molar refractivity (Wildman–Crippen MR) is 111 cm³/mol. The van der Waals surface area contributed by atoms with Crippen molar-refractivity contribution >= 4 is 28.5 Å². The SMILES string of the molecule is Cc1cc(C(=O)Nc2cccc(Cn3cnc4ccccc43)c2)ncc1C(N)=O. The number of benzene rings is 2. The van der Waals surface area contributed by atoms with Gasteiger partial charge in [-0.3, -0.25) is 14.6 Å². The van der Waals surface area contributed by atoms with Gasteiger partial charge in [-0.15, -0.1) is 0 Å². The number of aromatic nitrogens is 3. The quantitative estimate of drug-likeness (QED) is 0.551. The van der Waals surface area contributed by atoms with Gasteiger partial charge in [0.25, 0.3) is 11.8 Å². The minimum absolute atomic E-state index is 0.221. The van der Waals surface area contributed by atoms with E-state index in [0.717, 1.165) is 16.6 Å². The van der Waals surface area contributed by atoms with Gasteiger partial charge in [0.2, 0.25) is 0 Å². The number of primary amides is 1. The van der Waals surface area contributed by atoms with Gasteiger partial charge in [0, 0.05) is 18.4 Å². The fraction of sp³-hybridized carbons (Fsp3) is 0.0909. The molecule has 3 N–H and O–H groups in total. The molecule has 2 amide bonds. The molecule has 0 aliphatic rings. The molecule has 0 fully saturated rings. The monoisotopic (exact) mass is 385 g/mol. The number of fused-ring (bicyclic) bond motifs is 1. The van der Waals surface area contributed by atoms with Crippen molar-refractivity contribution in [2.24, 2.45) is 5.73 Å². The Bertz CT molecular complexity index is 1230. The summed E-state index contributed by atoms with van der Waals surface area (Å²) in [5.74, 6) is -0.920. The first kappa shape index (κ1) is 18.4. The lowest BCUT2D eigenvalue weighted by Crippen LogP contribution is -2.17. The highest BCUT2D eigenvalue weighted by Gasteiger charge is 2.12. The summed E-state index contributed by atoms with van der Waals surface area (Å²) in [6.45, 7) is 2.35. The smallest absolute Gasteiger partial charge is 0.274 e. The van der Waals surface area contributed by atoms with E-state index in [9.17, 15) is 9.59 Å². The van der Waals surface area contributed by atoms with Crippen molar-refractivity contribution in [2.75, 3.05) is 5.32 Å². The molecule has 4 rings (SSSR count). The molecule has 7 heteroatoms. The van der Waals surface area contributed by atoms with Crippen LogP contribution in [0.5, 0.6) is 0 Å². The van der Waals surface area contributed by atoms with E-state index in [1.54, 1.807) is 13.0 Å². The Labute approximate surface area is 167 Å². The van der Waals surface area contributed by atoms with Crippen molar-refractivity contribution in [3.05, 3.63) is 89.5 Å². The maximum Gasteiger partial charge on any atom is 0.274 e. The van der Waals surface area contributed by atoms with Crippen LogP contribution >= 0.6 is 0 Å². The summed E-state index contributed by atoms with van der Waals surface area (Å²) in [5.41, 5.74) is 10.1. The first-order chi connectivity index (χ1) is 14.0. The number of amides is 2. The summed E-state index contributed by atoms with van der Waals surface area (Å²) in [4.78, 5) is 32.3. The van der Waals surface area contributed by atoms with Crippen LogP contribution in [-0.2, 0) is 6.54 Å². The van der Waals surface area contributed by atoms with Crippen LogP contribution in [0.4, 0.5) is 5.69 Å². The second-order valence-corrected chi connectivity index (χ2v) is 6.76. The highest BCUT2D eigenvalue weighted by molar-refractivity contribution is 6.03. The Morgan fingerprint density at radius 2 is 1.90 bits per heavy atom. The van der Waals surface area contributed by atoms with E-state index in [0.29, 0.717) is 23.4 Å². The second-order valence-electron chi connectivity index (χ2n) is 6.76. The minimum Gasteiger partial charge on any atom is -0.366 e. The molecule has 0 bridgehead atoms. The molecule has 0 spiro atoms. The third-order valence-corrected chi connectivity index (χ3v) is 4.67. The number of nitrogens with zero attached hydrogens (tertiary/aromatic N) is 3. The number of aryl methyl sites for hydroxylation is 1. The molecular formula is C22H19N5O2. The Balaban J connectivity index is 1.52. The number of carbonyl (C=O) groups is 2. The Hall–Kier alpha value is -4.00. The summed E-state index contributed by atoms with van der Waals surface area (Å²) in [7, 11) is 0. The number of hydrogen-bond acceptors (Lipinski definition) is 4. The third-order valence-electron chi connectivity index (χ3n) is 4.67. The first-order valence-electron chi connectivity index (χ1n) is 9.08. The number of hydrogen-bond donors (Lipinski definition) is 2. The van der Waals surface area contributed by atoms with Crippen molar-refractivity contribution in [1.29, 1.82) is 0 Å². The lowest BCUT2D eigenvalue weighted by atomic mass is 10.1. The predicted octanol–water partition coefficient (Wildman–Crippen LogP) is 3.14. The van der Waals surface area contributed by atoms with Gasteiger partial charge in [0.05, 0.1) is 22.9 Å². The molecule has 4 aromatic rings. The maximum absolute atomic E-state index is 12.5. The van der Waals surface area contributed by atoms with Crippen LogP contribution in [0.25, 0.3) is 11.0 Å². The highest BCUT2D eigenvalue weighted by atomic mass is 16.2. The number of anilines is 1. The Kier molecular flexibility index (Phi) is 4.78. The fourth-order valence-electron chi connectivity index (χ4n) is 3.21. The summed E-state index contributed by atoms with van der Waals surface area (Å²) in [5, 5.41) is 2.85. The van der Waals surface area contributed by atoms with Gasteiger partial charge in [-0.05, 0) is 48.4 Å². The van der Waals surface area contributed by atoms with Crippen LogP contribution in [0.2, 0.25) is 0 Å². The molecule has 2 aromatic heterocycles. The van der Waals surface area contributed by atoms with Gasteiger partial charge < -0.3 is 15.6 Å². The van der Waals surface area contributed by atoms with Crippen molar-refractivity contribution in [2.45, 2.75) is 13.5 Å². The van der Waals surface area contributed by atoms with Gasteiger partial charge in [-0.1, -0.05) is 24.3 Å². The zero-order valence-corrected chi connectivity index (χ0v) is 15.8. The number of para-hydroxylation sites is 2. The van der Waals surface area contributed by atoms with E-state index in [4.69, 9.17) is 5.73 Å². The van der Waals surface area contributed by atoms with Crippen molar-refractivity contribution < 1.29 is 9.59 Å². The molecule has 0 saturated carbocycles. The molecule has 0 aliphatic heterocycles. The topological polar surface area (TPSA) is 103 Å². The molecule has 2 heterocycles. The summed E-state index contributed by atoms with van der Waals surface area (Å²) < 4.78 is 2.06. The lowest BCUT2D eigenvalue weighted by molar-refractivity contribution is 0.0992. The number of nitrogens with two attached hydrogens (primary N) is 1. The zero-order chi connectivity index (χ0) is 20.4. The zero-order valence-electron chi connectivity index (χ0n) is 15.8. The van der Waals surface area contributed by atoms with Crippen LogP contribution in [0.15, 0.2) is 67.1 Å². The van der Waals surface area contributed by atoms with Crippen LogP contribution in [0, 0.1) is 6.92 Å².